The van der Waals surface area contributed by atoms with E-state index >= 15 is 0 Å². The molecular weight excluding hydrogens is 264 g/mol. The minimum absolute atomic E-state index is 1.12. The number of rotatable bonds is 5. The van der Waals surface area contributed by atoms with Gasteiger partial charge in [-0.25, -0.2) is 0 Å². The topological polar surface area (TPSA) is 0 Å². The second-order valence-corrected chi connectivity index (χ2v) is 5.49. The van der Waals surface area contributed by atoms with Crippen molar-refractivity contribution in [3.05, 3.63) is 90.8 Å². The van der Waals surface area contributed by atoms with Crippen molar-refractivity contribution in [1.82, 2.24) is 0 Å². The Bertz CT molecular complexity index is 726. The molecule has 109 valence electrons. The SMILES string of the molecule is CCC[CH]c1ccccc1-c1ccccc1-c1ccccc1. The largest absolute Gasteiger partial charge is 0.0654 e. The van der Waals surface area contributed by atoms with Gasteiger partial charge < -0.3 is 0 Å². The minimum Gasteiger partial charge on any atom is -0.0654 e. The summed E-state index contributed by atoms with van der Waals surface area (Å²) < 4.78 is 0. The second kappa shape index (κ2) is 7.09. The number of benzene rings is 3. The third-order valence-corrected chi connectivity index (χ3v) is 3.92. The molecule has 0 aliphatic rings. The smallest absolute Gasteiger partial charge is 0.00868 e. The average molecular weight is 285 g/mol. The summed E-state index contributed by atoms with van der Waals surface area (Å²) in [6.07, 6.45) is 4.64. The summed E-state index contributed by atoms with van der Waals surface area (Å²) in [5.41, 5.74) is 6.50. The van der Waals surface area contributed by atoms with E-state index in [1.807, 2.05) is 0 Å². The zero-order valence-corrected chi connectivity index (χ0v) is 13.0. The summed E-state index contributed by atoms with van der Waals surface area (Å²) in [6.45, 7) is 2.22. The van der Waals surface area contributed by atoms with Crippen molar-refractivity contribution in [1.29, 1.82) is 0 Å². The highest BCUT2D eigenvalue weighted by molar-refractivity contribution is 5.85. The van der Waals surface area contributed by atoms with Gasteiger partial charge in [0, 0.05) is 0 Å². The Hall–Kier alpha value is -2.34. The van der Waals surface area contributed by atoms with E-state index in [9.17, 15) is 0 Å². The molecule has 0 saturated carbocycles. The molecule has 0 fully saturated rings. The van der Waals surface area contributed by atoms with Crippen molar-refractivity contribution < 1.29 is 0 Å². The zero-order chi connectivity index (χ0) is 15.2. The number of unbranched alkanes of at least 4 members (excludes halogenated alkanes) is 1. The molecule has 0 nitrogen and oxygen atoms in total. The third kappa shape index (κ3) is 3.12. The van der Waals surface area contributed by atoms with E-state index in [0.717, 1.165) is 6.42 Å². The van der Waals surface area contributed by atoms with Gasteiger partial charge in [-0.15, -0.1) is 0 Å². The van der Waals surface area contributed by atoms with Crippen molar-refractivity contribution >= 4 is 0 Å². The molecule has 0 saturated heterocycles. The van der Waals surface area contributed by atoms with Crippen LogP contribution in [0.15, 0.2) is 78.9 Å². The molecule has 0 amide bonds. The Kier molecular flexibility index (Phi) is 4.70. The zero-order valence-electron chi connectivity index (χ0n) is 13.0. The summed E-state index contributed by atoms with van der Waals surface area (Å²) in [5, 5.41) is 0. The van der Waals surface area contributed by atoms with Gasteiger partial charge in [-0.3, -0.25) is 0 Å². The first kappa shape index (κ1) is 14.6. The molecule has 3 aromatic rings. The van der Waals surface area contributed by atoms with Crippen molar-refractivity contribution in [3.8, 4) is 22.3 Å². The molecule has 0 bridgehead atoms. The molecule has 3 aromatic carbocycles. The molecule has 0 spiro atoms. The number of hydrogen-bond acceptors (Lipinski definition) is 0. The van der Waals surface area contributed by atoms with Crippen LogP contribution in [-0.4, -0.2) is 0 Å². The van der Waals surface area contributed by atoms with E-state index < -0.39 is 0 Å². The lowest BCUT2D eigenvalue weighted by molar-refractivity contribution is 0.914. The molecule has 0 aliphatic carbocycles. The van der Waals surface area contributed by atoms with Crippen LogP contribution in [-0.2, 0) is 0 Å². The normalized spacial score (nSPS) is 10.6. The van der Waals surface area contributed by atoms with Gasteiger partial charge in [-0.05, 0) is 40.7 Å². The standard InChI is InChI=1S/C22H21/c1-2-3-11-18-14-7-8-15-20(18)22-17-10-9-16-21(22)19-12-5-4-6-13-19/h4-17H,2-3H2,1H3. The Balaban J connectivity index is 2.10. The third-order valence-electron chi connectivity index (χ3n) is 3.92. The van der Waals surface area contributed by atoms with Crippen LogP contribution < -0.4 is 0 Å². The van der Waals surface area contributed by atoms with Gasteiger partial charge in [0.05, 0.1) is 0 Å². The fourth-order valence-electron chi connectivity index (χ4n) is 2.81. The van der Waals surface area contributed by atoms with Crippen LogP contribution in [0.4, 0.5) is 0 Å². The van der Waals surface area contributed by atoms with E-state index in [0.29, 0.717) is 0 Å². The molecule has 0 aromatic heterocycles. The first-order chi connectivity index (χ1) is 10.9. The molecular formula is C22H21. The van der Waals surface area contributed by atoms with E-state index in [1.165, 1.54) is 34.2 Å². The van der Waals surface area contributed by atoms with Gasteiger partial charge in [0.25, 0.3) is 0 Å². The summed E-state index contributed by atoms with van der Waals surface area (Å²) in [5.74, 6) is 0. The maximum Gasteiger partial charge on any atom is -0.00868 e. The molecule has 1 radical (unpaired) electrons. The molecule has 0 unspecified atom stereocenters. The van der Waals surface area contributed by atoms with Gasteiger partial charge in [0.2, 0.25) is 0 Å². The lowest BCUT2D eigenvalue weighted by atomic mass is 9.90. The van der Waals surface area contributed by atoms with Crippen LogP contribution >= 0.6 is 0 Å². The number of hydrogen-bond donors (Lipinski definition) is 0. The van der Waals surface area contributed by atoms with Gasteiger partial charge in [0.1, 0.15) is 0 Å². The Morgan fingerprint density at radius 1 is 0.636 bits per heavy atom. The fraction of sp³-hybridized carbons (Fsp3) is 0.136. The highest BCUT2D eigenvalue weighted by Crippen LogP contribution is 2.34. The monoisotopic (exact) mass is 285 g/mol. The summed E-state index contributed by atoms with van der Waals surface area (Å²) in [4.78, 5) is 0. The minimum atomic E-state index is 1.12. The van der Waals surface area contributed by atoms with Crippen molar-refractivity contribution in [2.75, 3.05) is 0 Å². The summed E-state index contributed by atoms with van der Waals surface area (Å²) in [6, 6.07) is 28.0. The highest BCUT2D eigenvalue weighted by atomic mass is 14.1. The maximum absolute atomic E-state index is 2.34. The van der Waals surface area contributed by atoms with E-state index in [-0.39, 0.29) is 0 Å². The summed E-state index contributed by atoms with van der Waals surface area (Å²) in [7, 11) is 0. The average Bonchev–Trinajstić information content (AvgIpc) is 2.61. The molecule has 0 atom stereocenters. The first-order valence-electron chi connectivity index (χ1n) is 7.97. The lowest BCUT2D eigenvalue weighted by Gasteiger charge is -2.14. The van der Waals surface area contributed by atoms with Crippen LogP contribution in [0.2, 0.25) is 0 Å². The van der Waals surface area contributed by atoms with Gasteiger partial charge in [0.15, 0.2) is 0 Å². The highest BCUT2D eigenvalue weighted by Gasteiger charge is 2.10. The Morgan fingerprint density at radius 2 is 1.23 bits per heavy atom. The Labute approximate surface area is 133 Å². The fourth-order valence-corrected chi connectivity index (χ4v) is 2.81. The quantitative estimate of drug-likeness (QED) is 0.510. The molecule has 0 heterocycles. The van der Waals surface area contributed by atoms with Crippen LogP contribution in [0, 0.1) is 6.42 Å². The van der Waals surface area contributed by atoms with Crippen molar-refractivity contribution in [3.63, 3.8) is 0 Å². The van der Waals surface area contributed by atoms with Gasteiger partial charge >= 0.3 is 0 Å². The van der Waals surface area contributed by atoms with E-state index in [2.05, 4.69) is 92.2 Å². The molecule has 0 heteroatoms. The molecule has 0 N–H and O–H groups in total. The first-order valence-corrected chi connectivity index (χ1v) is 7.97. The predicted octanol–water partition coefficient (Wildman–Crippen LogP) is 6.37. The van der Waals surface area contributed by atoms with E-state index in [1.54, 1.807) is 0 Å². The van der Waals surface area contributed by atoms with Crippen molar-refractivity contribution in [2.45, 2.75) is 19.8 Å². The molecule has 22 heavy (non-hydrogen) atoms. The van der Waals surface area contributed by atoms with Crippen molar-refractivity contribution in [2.24, 2.45) is 0 Å². The lowest BCUT2D eigenvalue weighted by Crippen LogP contribution is -1.90. The van der Waals surface area contributed by atoms with Crippen LogP contribution in [0.25, 0.3) is 22.3 Å². The van der Waals surface area contributed by atoms with E-state index in [4.69, 9.17) is 0 Å². The maximum atomic E-state index is 2.34. The second-order valence-electron chi connectivity index (χ2n) is 5.49. The van der Waals surface area contributed by atoms with Crippen LogP contribution in [0.1, 0.15) is 25.3 Å². The Morgan fingerprint density at radius 3 is 1.95 bits per heavy atom. The van der Waals surface area contributed by atoms with Crippen LogP contribution in [0.3, 0.4) is 0 Å². The van der Waals surface area contributed by atoms with Gasteiger partial charge in [-0.1, -0.05) is 92.2 Å². The summed E-state index contributed by atoms with van der Waals surface area (Å²) >= 11 is 0. The molecule has 0 aliphatic heterocycles. The van der Waals surface area contributed by atoms with Crippen LogP contribution in [0.5, 0.6) is 0 Å². The molecule has 3 rings (SSSR count). The van der Waals surface area contributed by atoms with Gasteiger partial charge in [-0.2, -0.15) is 0 Å². The predicted molar refractivity (Wildman–Crippen MR) is 95.6 cm³/mol.